The van der Waals surface area contributed by atoms with Gasteiger partial charge >= 0.3 is 0 Å². The first-order valence-corrected chi connectivity index (χ1v) is 10.7. The van der Waals surface area contributed by atoms with Crippen LogP contribution in [0.15, 0.2) is 83.8 Å². The summed E-state index contributed by atoms with van der Waals surface area (Å²) in [5, 5.41) is 16.0. The predicted octanol–water partition coefficient (Wildman–Crippen LogP) is 5.96. The second-order valence-corrected chi connectivity index (χ2v) is 8.29. The van der Waals surface area contributed by atoms with Crippen molar-refractivity contribution in [1.82, 2.24) is 14.6 Å². The molecule has 0 fully saturated rings. The highest BCUT2D eigenvalue weighted by Gasteiger charge is 2.20. The number of halogens is 2. The van der Waals surface area contributed by atoms with E-state index in [1.54, 1.807) is 18.3 Å². The van der Waals surface area contributed by atoms with Crippen LogP contribution in [0, 0.1) is 0 Å². The van der Waals surface area contributed by atoms with E-state index in [0.29, 0.717) is 33.2 Å². The van der Waals surface area contributed by atoms with Gasteiger partial charge in [0.15, 0.2) is 0 Å². The summed E-state index contributed by atoms with van der Waals surface area (Å²) in [5.41, 5.74) is 4.46. The minimum Gasteiger partial charge on any atom is -0.507 e. The molecule has 2 heterocycles. The van der Waals surface area contributed by atoms with E-state index in [2.05, 4.69) is 10.1 Å². The molecule has 7 heteroatoms. The van der Waals surface area contributed by atoms with Crippen LogP contribution in [0.4, 0.5) is 0 Å². The molecule has 0 bridgehead atoms. The number of hydrogen-bond donors (Lipinski definition) is 2. The third-order valence-electron chi connectivity index (χ3n) is 5.33. The highest BCUT2D eigenvalue weighted by Crippen LogP contribution is 2.32. The van der Waals surface area contributed by atoms with Crippen molar-refractivity contribution in [2.75, 3.05) is 0 Å². The van der Waals surface area contributed by atoms with Crippen LogP contribution in [0.2, 0.25) is 10.0 Å². The molecule has 5 nitrogen and oxygen atoms in total. The van der Waals surface area contributed by atoms with Gasteiger partial charge < -0.3 is 10.1 Å². The van der Waals surface area contributed by atoms with Gasteiger partial charge in [0, 0.05) is 33.8 Å². The Morgan fingerprint density at radius 1 is 0.906 bits per heavy atom. The van der Waals surface area contributed by atoms with Crippen LogP contribution in [0.1, 0.15) is 11.3 Å². The Bertz CT molecular complexity index is 1490. The number of nitrogens with zero attached hydrogens (tertiary/aromatic N) is 2. The van der Waals surface area contributed by atoms with E-state index in [1.807, 2.05) is 54.6 Å². The van der Waals surface area contributed by atoms with Crippen molar-refractivity contribution in [2.24, 2.45) is 0 Å². The normalized spacial score (nSPS) is 11.2. The Balaban J connectivity index is 1.74. The molecule has 158 valence electrons. The molecule has 0 amide bonds. The second kappa shape index (κ2) is 8.19. The summed E-state index contributed by atoms with van der Waals surface area (Å²) >= 11 is 12.0. The molecule has 2 aromatic heterocycles. The second-order valence-electron chi connectivity index (χ2n) is 7.42. The molecule has 0 radical (unpaired) electrons. The Morgan fingerprint density at radius 2 is 1.62 bits per heavy atom. The first-order valence-electron chi connectivity index (χ1n) is 9.93. The SMILES string of the molecule is O=c1c(-c2ccc(Cl)cc2O)c[nH]c2c(-c3ccc(Cl)cc3)c(Cc3ccccc3)nn12. The number of H-pyrrole nitrogens is 1. The fourth-order valence-corrected chi connectivity index (χ4v) is 4.11. The maximum atomic E-state index is 13.4. The molecule has 0 aliphatic heterocycles. The molecule has 5 rings (SSSR count). The summed E-state index contributed by atoms with van der Waals surface area (Å²) < 4.78 is 1.35. The number of aromatic amines is 1. The van der Waals surface area contributed by atoms with Gasteiger partial charge in [-0.1, -0.05) is 65.7 Å². The molecule has 5 aromatic rings. The van der Waals surface area contributed by atoms with Crippen LogP contribution >= 0.6 is 23.2 Å². The number of phenolic OH excluding ortho intramolecular Hbond substituents is 1. The van der Waals surface area contributed by atoms with Crippen molar-refractivity contribution in [2.45, 2.75) is 6.42 Å². The van der Waals surface area contributed by atoms with Crippen molar-refractivity contribution in [3.8, 4) is 28.0 Å². The monoisotopic (exact) mass is 461 g/mol. The van der Waals surface area contributed by atoms with Gasteiger partial charge in [0.2, 0.25) is 0 Å². The lowest BCUT2D eigenvalue weighted by Gasteiger charge is -2.06. The number of fused-ring (bicyclic) bond motifs is 1. The Morgan fingerprint density at radius 3 is 2.34 bits per heavy atom. The zero-order chi connectivity index (χ0) is 22.2. The number of aromatic hydroxyl groups is 1. The highest BCUT2D eigenvalue weighted by molar-refractivity contribution is 6.31. The minimum absolute atomic E-state index is 0.0723. The van der Waals surface area contributed by atoms with E-state index in [1.165, 1.54) is 10.6 Å². The quantitative estimate of drug-likeness (QED) is 0.346. The number of hydrogen-bond acceptors (Lipinski definition) is 3. The number of benzene rings is 3. The van der Waals surface area contributed by atoms with E-state index in [0.717, 1.165) is 22.4 Å². The minimum atomic E-state index is -0.342. The number of phenols is 1. The van der Waals surface area contributed by atoms with Crippen molar-refractivity contribution >= 4 is 28.8 Å². The van der Waals surface area contributed by atoms with Gasteiger partial charge in [0.05, 0.1) is 11.3 Å². The summed E-state index contributed by atoms with van der Waals surface area (Å²) in [6.07, 6.45) is 2.14. The largest absolute Gasteiger partial charge is 0.507 e. The lowest BCUT2D eigenvalue weighted by atomic mass is 10.0. The summed E-state index contributed by atoms with van der Waals surface area (Å²) in [5.74, 6) is -0.0723. The molecule has 0 aliphatic carbocycles. The smallest absolute Gasteiger partial charge is 0.282 e. The van der Waals surface area contributed by atoms with Crippen molar-refractivity contribution in [3.05, 3.63) is 111 Å². The van der Waals surface area contributed by atoms with Crippen molar-refractivity contribution in [1.29, 1.82) is 0 Å². The van der Waals surface area contributed by atoms with Crippen molar-refractivity contribution in [3.63, 3.8) is 0 Å². The van der Waals surface area contributed by atoms with Crippen LogP contribution in [-0.4, -0.2) is 19.7 Å². The van der Waals surface area contributed by atoms with Gasteiger partial charge in [0.1, 0.15) is 11.4 Å². The number of rotatable bonds is 4. The molecular formula is C25H17Cl2N3O2. The van der Waals surface area contributed by atoms with Gasteiger partial charge in [-0.05, 0) is 41.5 Å². The Kier molecular flexibility index (Phi) is 5.21. The molecule has 0 saturated heterocycles. The molecule has 3 aromatic carbocycles. The Hall–Kier alpha value is -3.54. The lowest BCUT2D eigenvalue weighted by molar-refractivity contribution is 0.477. The van der Waals surface area contributed by atoms with E-state index < -0.39 is 0 Å². The predicted molar refractivity (Wildman–Crippen MR) is 128 cm³/mol. The molecule has 0 spiro atoms. The molecule has 0 atom stereocenters. The van der Waals surface area contributed by atoms with Crippen LogP contribution in [0.3, 0.4) is 0 Å². The van der Waals surface area contributed by atoms with Crippen LogP contribution in [0.25, 0.3) is 27.9 Å². The van der Waals surface area contributed by atoms with Crippen LogP contribution < -0.4 is 5.56 Å². The molecule has 0 saturated carbocycles. The van der Waals surface area contributed by atoms with E-state index in [-0.39, 0.29) is 11.3 Å². The van der Waals surface area contributed by atoms with Gasteiger partial charge in [0.25, 0.3) is 5.56 Å². The van der Waals surface area contributed by atoms with Gasteiger partial charge in [-0.3, -0.25) is 4.79 Å². The Labute approximate surface area is 193 Å². The zero-order valence-electron chi connectivity index (χ0n) is 16.7. The molecular weight excluding hydrogens is 445 g/mol. The third kappa shape index (κ3) is 3.66. The molecule has 0 aliphatic rings. The topological polar surface area (TPSA) is 70.4 Å². The van der Waals surface area contributed by atoms with E-state index >= 15 is 0 Å². The third-order valence-corrected chi connectivity index (χ3v) is 5.82. The lowest BCUT2D eigenvalue weighted by Crippen LogP contribution is -2.17. The zero-order valence-corrected chi connectivity index (χ0v) is 18.2. The molecule has 32 heavy (non-hydrogen) atoms. The number of nitrogens with one attached hydrogen (secondary N) is 1. The van der Waals surface area contributed by atoms with Gasteiger partial charge in [-0.2, -0.15) is 9.61 Å². The molecule has 0 unspecified atom stereocenters. The average molecular weight is 462 g/mol. The fourth-order valence-electron chi connectivity index (χ4n) is 3.82. The summed E-state index contributed by atoms with van der Waals surface area (Å²) in [7, 11) is 0. The fraction of sp³-hybridized carbons (Fsp3) is 0.0400. The number of aromatic nitrogens is 3. The van der Waals surface area contributed by atoms with Crippen molar-refractivity contribution < 1.29 is 5.11 Å². The van der Waals surface area contributed by atoms with Crippen LogP contribution in [-0.2, 0) is 6.42 Å². The first-order chi connectivity index (χ1) is 15.5. The average Bonchev–Trinajstić information content (AvgIpc) is 3.15. The first kappa shape index (κ1) is 20.4. The summed E-state index contributed by atoms with van der Waals surface area (Å²) in [6, 6.07) is 22.0. The highest BCUT2D eigenvalue weighted by atomic mass is 35.5. The summed E-state index contributed by atoms with van der Waals surface area (Å²) in [6.45, 7) is 0. The maximum Gasteiger partial charge on any atom is 0.282 e. The van der Waals surface area contributed by atoms with Gasteiger partial charge in [-0.15, -0.1) is 0 Å². The van der Waals surface area contributed by atoms with E-state index in [9.17, 15) is 9.90 Å². The maximum absolute atomic E-state index is 13.4. The van der Waals surface area contributed by atoms with Crippen LogP contribution in [0.5, 0.6) is 5.75 Å². The molecule has 2 N–H and O–H groups in total. The van der Waals surface area contributed by atoms with Gasteiger partial charge in [-0.25, -0.2) is 0 Å². The summed E-state index contributed by atoms with van der Waals surface area (Å²) in [4.78, 5) is 16.6. The standard InChI is InChI=1S/C25H17Cl2N3O2/c26-17-8-6-16(7-9-17)23-21(12-15-4-2-1-3-5-15)29-30-24(23)28-14-20(25(30)32)19-11-10-18(27)13-22(19)31/h1-11,13-14,28,31H,12H2. The van der Waals surface area contributed by atoms with E-state index in [4.69, 9.17) is 23.2 Å².